The Morgan fingerprint density at radius 1 is 1.37 bits per heavy atom. The lowest BCUT2D eigenvalue weighted by Crippen LogP contribution is -2.21. The summed E-state index contributed by atoms with van der Waals surface area (Å²) in [4.78, 5) is 11.7. The lowest BCUT2D eigenvalue weighted by Gasteiger charge is -2.13. The molecule has 3 N–H and O–H groups in total. The van der Waals surface area contributed by atoms with Crippen LogP contribution < -0.4 is 15.8 Å². The van der Waals surface area contributed by atoms with Gasteiger partial charge in [0.15, 0.2) is 0 Å². The van der Waals surface area contributed by atoms with Gasteiger partial charge in [0, 0.05) is 6.54 Å². The van der Waals surface area contributed by atoms with E-state index in [1.807, 2.05) is 32.0 Å². The fraction of sp³-hybridized carbons (Fsp3) is 0.500. The Balaban J connectivity index is 2.62. The molecular weight excluding hydrogens is 244 g/mol. The molecule has 0 aliphatic heterocycles. The minimum Gasteiger partial charge on any atom is -0.491 e. The molecule has 19 heavy (non-hydrogen) atoms. The van der Waals surface area contributed by atoms with Gasteiger partial charge in [-0.25, -0.2) is 0 Å². The van der Waals surface area contributed by atoms with E-state index in [-0.39, 0.29) is 12.5 Å². The highest BCUT2D eigenvalue weighted by atomic mass is 16.5. The van der Waals surface area contributed by atoms with E-state index < -0.39 is 0 Å². The summed E-state index contributed by atoms with van der Waals surface area (Å²) in [7, 11) is 0. The van der Waals surface area contributed by atoms with E-state index in [2.05, 4.69) is 5.32 Å². The quantitative estimate of drug-likeness (QED) is 0.702. The van der Waals surface area contributed by atoms with Crippen molar-refractivity contribution in [2.75, 3.05) is 31.7 Å². The third-order valence-corrected chi connectivity index (χ3v) is 2.37. The zero-order valence-electron chi connectivity index (χ0n) is 11.6. The first-order chi connectivity index (χ1) is 9.17. The summed E-state index contributed by atoms with van der Waals surface area (Å²) in [5.74, 6) is 0.479. The first kappa shape index (κ1) is 15.5. The van der Waals surface area contributed by atoms with E-state index in [1.165, 1.54) is 0 Å². The Kier molecular flexibility index (Phi) is 6.92. The zero-order valence-corrected chi connectivity index (χ0v) is 11.6. The molecule has 0 unspecified atom stereocenters. The third kappa shape index (κ3) is 5.72. The van der Waals surface area contributed by atoms with Gasteiger partial charge < -0.3 is 20.5 Å². The number of hydrogen-bond donors (Lipinski definition) is 2. The van der Waals surface area contributed by atoms with E-state index in [4.69, 9.17) is 15.2 Å². The molecule has 1 rings (SSSR count). The molecular formula is C14H22N2O3. The number of carbonyl (C=O) groups is 1. The molecule has 0 aliphatic carbocycles. The number of hydrogen-bond acceptors (Lipinski definition) is 4. The van der Waals surface area contributed by atoms with Crippen LogP contribution >= 0.6 is 0 Å². The van der Waals surface area contributed by atoms with Crippen molar-refractivity contribution in [3.05, 3.63) is 23.8 Å². The summed E-state index contributed by atoms with van der Waals surface area (Å²) < 4.78 is 10.7. The molecule has 0 fully saturated rings. The summed E-state index contributed by atoms with van der Waals surface area (Å²) in [6, 6.07) is 5.67. The second-order valence-corrected chi connectivity index (χ2v) is 4.24. The van der Waals surface area contributed by atoms with Gasteiger partial charge in [-0.1, -0.05) is 13.0 Å². The van der Waals surface area contributed by atoms with Gasteiger partial charge in [-0.3, -0.25) is 4.79 Å². The maximum atomic E-state index is 11.7. The molecule has 106 valence electrons. The van der Waals surface area contributed by atoms with Gasteiger partial charge in [0.05, 0.1) is 18.9 Å². The monoisotopic (exact) mass is 266 g/mol. The number of aryl methyl sites for hydroxylation is 1. The van der Waals surface area contributed by atoms with Crippen LogP contribution in [-0.4, -0.2) is 32.3 Å². The molecule has 0 spiro atoms. The van der Waals surface area contributed by atoms with Crippen LogP contribution in [-0.2, 0) is 9.53 Å². The zero-order chi connectivity index (χ0) is 14.1. The van der Waals surface area contributed by atoms with Crippen molar-refractivity contribution < 1.29 is 14.3 Å². The summed E-state index contributed by atoms with van der Waals surface area (Å²) in [5.41, 5.74) is 7.04. The number of ether oxygens (including phenoxy) is 2. The Hall–Kier alpha value is -1.59. The van der Waals surface area contributed by atoms with Gasteiger partial charge in [-0.15, -0.1) is 0 Å². The summed E-state index contributed by atoms with van der Waals surface area (Å²) in [5, 5.41) is 2.78. The summed E-state index contributed by atoms with van der Waals surface area (Å²) in [6.45, 7) is 5.42. The molecule has 5 heteroatoms. The molecule has 0 heterocycles. The highest BCUT2D eigenvalue weighted by molar-refractivity contribution is 5.93. The average Bonchev–Trinajstić information content (AvgIpc) is 2.39. The Bertz CT molecular complexity index is 408. The van der Waals surface area contributed by atoms with Crippen LogP contribution in [0.4, 0.5) is 5.69 Å². The van der Waals surface area contributed by atoms with Crippen molar-refractivity contribution in [3.63, 3.8) is 0 Å². The van der Waals surface area contributed by atoms with Gasteiger partial charge in [-0.05, 0) is 31.0 Å². The maximum Gasteiger partial charge on any atom is 0.250 e. The van der Waals surface area contributed by atoms with Crippen molar-refractivity contribution in [2.45, 2.75) is 20.3 Å². The van der Waals surface area contributed by atoms with Gasteiger partial charge >= 0.3 is 0 Å². The van der Waals surface area contributed by atoms with Crippen LogP contribution in [0, 0.1) is 6.92 Å². The van der Waals surface area contributed by atoms with Gasteiger partial charge in [-0.2, -0.15) is 0 Å². The fourth-order valence-electron chi connectivity index (χ4n) is 1.50. The van der Waals surface area contributed by atoms with Gasteiger partial charge in [0.2, 0.25) is 5.91 Å². The SMILES string of the molecule is CCCOc1cc(C)ccc1NC(=O)COCCN. The van der Waals surface area contributed by atoms with Crippen LogP contribution in [0.15, 0.2) is 18.2 Å². The lowest BCUT2D eigenvalue weighted by atomic mass is 10.2. The van der Waals surface area contributed by atoms with E-state index in [0.717, 1.165) is 12.0 Å². The second-order valence-electron chi connectivity index (χ2n) is 4.24. The predicted octanol–water partition coefficient (Wildman–Crippen LogP) is 1.70. The molecule has 0 radical (unpaired) electrons. The van der Waals surface area contributed by atoms with Crippen LogP contribution in [0.5, 0.6) is 5.75 Å². The Morgan fingerprint density at radius 3 is 2.84 bits per heavy atom. The molecule has 0 aliphatic rings. The largest absolute Gasteiger partial charge is 0.491 e. The Morgan fingerprint density at radius 2 is 2.16 bits per heavy atom. The number of nitrogens with one attached hydrogen (secondary N) is 1. The normalized spacial score (nSPS) is 10.3. The summed E-state index contributed by atoms with van der Waals surface area (Å²) in [6.07, 6.45) is 0.918. The minimum atomic E-state index is -0.210. The van der Waals surface area contributed by atoms with E-state index in [9.17, 15) is 4.79 Å². The predicted molar refractivity (Wildman–Crippen MR) is 75.5 cm³/mol. The third-order valence-electron chi connectivity index (χ3n) is 2.37. The number of benzene rings is 1. The molecule has 1 amide bonds. The lowest BCUT2D eigenvalue weighted by molar-refractivity contribution is -0.120. The van der Waals surface area contributed by atoms with Crippen molar-refractivity contribution >= 4 is 11.6 Å². The second kappa shape index (κ2) is 8.50. The molecule has 5 nitrogen and oxygen atoms in total. The fourth-order valence-corrected chi connectivity index (χ4v) is 1.50. The van der Waals surface area contributed by atoms with Crippen molar-refractivity contribution in [3.8, 4) is 5.75 Å². The molecule has 0 saturated carbocycles. The van der Waals surface area contributed by atoms with E-state index in [1.54, 1.807) is 0 Å². The average molecular weight is 266 g/mol. The number of nitrogens with two attached hydrogens (primary N) is 1. The van der Waals surface area contributed by atoms with Crippen LogP contribution in [0.3, 0.4) is 0 Å². The highest BCUT2D eigenvalue weighted by Crippen LogP contribution is 2.25. The number of carbonyl (C=O) groups excluding carboxylic acids is 1. The summed E-state index contributed by atoms with van der Waals surface area (Å²) >= 11 is 0. The highest BCUT2D eigenvalue weighted by Gasteiger charge is 2.08. The molecule has 0 aromatic heterocycles. The van der Waals surface area contributed by atoms with Gasteiger partial charge in [0.25, 0.3) is 0 Å². The maximum absolute atomic E-state index is 11.7. The van der Waals surface area contributed by atoms with E-state index in [0.29, 0.717) is 31.2 Å². The van der Waals surface area contributed by atoms with Crippen LogP contribution in [0.25, 0.3) is 0 Å². The van der Waals surface area contributed by atoms with Crippen molar-refractivity contribution in [2.24, 2.45) is 5.73 Å². The van der Waals surface area contributed by atoms with E-state index >= 15 is 0 Å². The van der Waals surface area contributed by atoms with Crippen LogP contribution in [0.1, 0.15) is 18.9 Å². The molecule has 1 aromatic rings. The number of anilines is 1. The van der Waals surface area contributed by atoms with Gasteiger partial charge in [0.1, 0.15) is 12.4 Å². The topological polar surface area (TPSA) is 73.6 Å². The molecule has 0 bridgehead atoms. The first-order valence-corrected chi connectivity index (χ1v) is 6.48. The minimum absolute atomic E-state index is 0.00169. The standard InChI is InChI=1S/C14H22N2O3/c1-3-7-19-13-9-11(2)4-5-12(13)16-14(17)10-18-8-6-15/h4-5,9H,3,6-8,10,15H2,1-2H3,(H,16,17). The van der Waals surface area contributed by atoms with Crippen molar-refractivity contribution in [1.29, 1.82) is 0 Å². The van der Waals surface area contributed by atoms with Crippen molar-refractivity contribution in [1.82, 2.24) is 0 Å². The van der Waals surface area contributed by atoms with Crippen LogP contribution in [0.2, 0.25) is 0 Å². The number of amides is 1. The molecule has 0 saturated heterocycles. The smallest absolute Gasteiger partial charge is 0.250 e. The molecule has 1 aromatic carbocycles. The first-order valence-electron chi connectivity index (χ1n) is 6.48. The number of rotatable bonds is 8. The Labute approximate surface area is 114 Å². The molecule has 0 atom stereocenters.